The minimum atomic E-state index is -0.637. The number of aromatic amines is 1. The Bertz CT molecular complexity index is 1440. The average Bonchev–Trinajstić information content (AvgIpc) is 3.58. The van der Waals surface area contributed by atoms with Crippen LogP contribution in [0.5, 0.6) is 0 Å². The number of amides is 1. The van der Waals surface area contributed by atoms with Crippen molar-refractivity contribution in [3.63, 3.8) is 0 Å². The van der Waals surface area contributed by atoms with Crippen molar-refractivity contribution in [1.82, 2.24) is 39.7 Å². The first-order valence-electron chi connectivity index (χ1n) is 9.91. The average molecular weight is 430 g/mol. The monoisotopic (exact) mass is 430 g/mol. The number of fused-ring (bicyclic) bond motifs is 2. The molecule has 0 saturated carbocycles. The second-order valence-corrected chi connectivity index (χ2v) is 7.30. The highest BCUT2D eigenvalue weighted by Crippen LogP contribution is 2.34. The number of hydrogen-bond acceptors (Lipinski definition) is 7. The largest absolute Gasteiger partial charge is 0.411 e. The maximum absolute atomic E-state index is 14.3. The predicted molar refractivity (Wildman–Crippen MR) is 108 cm³/mol. The summed E-state index contributed by atoms with van der Waals surface area (Å²) < 4.78 is 21.4. The van der Waals surface area contributed by atoms with Crippen molar-refractivity contribution < 1.29 is 13.6 Å². The van der Waals surface area contributed by atoms with Gasteiger partial charge in [0.2, 0.25) is 0 Å². The molecule has 1 aliphatic heterocycles. The van der Waals surface area contributed by atoms with E-state index >= 15 is 0 Å². The minimum Gasteiger partial charge on any atom is -0.411 e. The van der Waals surface area contributed by atoms with E-state index in [0.717, 1.165) is 5.69 Å². The highest BCUT2D eigenvalue weighted by atomic mass is 19.1. The fraction of sp³-hybridized carbons (Fsp3) is 0.143. The van der Waals surface area contributed by atoms with E-state index in [1.807, 2.05) is 0 Å². The summed E-state index contributed by atoms with van der Waals surface area (Å²) in [5, 5.41) is 12.4. The molecule has 0 saturated heterocycles. The lowest BCUT2D eigenvalue weighted by Gasteiger charge is -2.32. The Hall–Kier alpha value is -4.41. The van der Waals surface area contributed by atoms with Gasteiger partial charge in [-0.3, -0.25) is 9.78 Å². The first-order valence-corrected chi connectivity index (χ1v) is 9.91. The Morgan fingerprint density at radius 3 is 2.97 bits per heavy atom. The van der Waals surface area contributed by atoms with E-state index in [-0.39, 0.29) is 11.8 Å². The smallest absolute Gasteiger partial charge is 0.312 e. The molecule has 0 spiro atoms. The van der Waals surface area contributed by atoms with Crippen LogP contribution in [0.3, 0.4) is 0 Å². The molecule has 11 heteroatoms. The lowest BCUT2D eigenvalue weighted by molar-refractivity contribution is 0.0646. The van der Waals surface area contributed by atoms with Crippen LogP contribution in [0.4, 0.5) is 4.39 Å². The highest BCUT2D eigenvalue weighted by molar-refractivity contribution is 5.90. The van der Waals surface area contributed by atoms with Gasteiger partial charge in [-0.25, -0.2) is 13.9 Å². The summed E-state index contributed by atoms with van der Waals surface area (Å²) >= 11 is 0. The number of nitrogens with one attached hydrogen (secondary N) is 1. The van der Waals surface area contributed by atoms with Gasteiger partial charge in [0.1, 0.15) is 23.1 Å². The fourth-order valence-corrected chi connectivity index (χ4v) is 3.95. The van der Waals surface area contributed by atoms with Gasteiger partial charge in [-0.1, -0.05) is 6.07 Å². The van der Waals surface area contributed by atoms with Crippen molar-refractivity contribution >= 4 is 11.4 Å². The maximum Gasteiger partial charge on any atom is 0.312 e. The predicted octanol–water partition coefficient (Wildman–Crippen LogP) is 2.43. The van der Waals surface area contributed by atoms with Gasteiger partial charge < -0.3 is 14.3 Å². The first kappa shape index (κ1) is 18.4. The van der Waals surface area contributed by atoms with E-state index in [1.165, 1.54) is 10.6 Å². The molecular weight excluding hydrogens is 415 g/mol. The topological polar surface area (TPSA) is 118 Å². The van der Waals surface area contributed by atoms with Gasteiger partial charge in [0.15, 0.2) is 0 Å². The number of pyridine rings is 2. The minimum absolute atomic E-state index is 0.151. The Morgan fingerprint density at radius 2 is 2.12 bits per heavy atom. The lowest BCUT2D eigenvalue weighted by Crippen LogP contribution is -2.41. The van der Waals surface area contributed by atoms with Gasteiger partial charge in [0.25, 0.3) is 5.89 Å². The zero-order valence-corrected chi connectivity index (χ0v) is 16.5. The van der Waals surface area contributed by atoms with Crippen LogP contribution in [0.25, 0.3) is 17.1 Å². The second kappa shape index (κ2) is 7.08. The molecule has 32 heavy (non-hydrogen) atoms. The van der Waals surface area contributed by atoms with Crippen LogP contribution in [0.15, 0.2) is 59.5 Å². The summed E-state index contributed by atoms with van der Waals surface area (Å²) in [5.41, 5.74) is 2.82. The fourth-order valence-electron chi connectivity index (χ4n) is 3.95. The molecule has 1 N–H and O–H groups in total. The SMILES string of the molecule is O=C(c1nnc(-c2ccccn2)o1)N1CCc2[nH]cnc2[C@@H]1c1cc2c(F)cccn2n1. The van der Waals surface area contributed by atoms with Crippen LogP contribution in [-0.4, -0.2) is 52.1 Å². The molecule has 1 amide bonds. The number of halogens is 1. The number of hydrogen-bond donors (Lipinski definition) is 1. The number of carbonyl (C=O) groups excluding carboxylic acids is 1. The van der Waals surface area contributed by atoms with Crippen LogP contribution in [0, 0.1) is 5.82 Å². The Labute approximate surface area is 179 Å². The van der Waals surface area contributed by atoms with Gasteiger partial charge in [0.05, 0.1) is 17.7 Å². The van der Waals surface area contributed by atoms with E-state index < -0.39 is 17.8 Å². The van der Waals surface area contributed by atoms with Crippen LogP contribution < -0.4 is 0 Å². The molecule has 0 aromatic carbocycles. The molecule has 0 radical (unpaired) electrons. The number of rotatable bonds is 3. The highest BCUT2D eigenvalue weighted by Gasteiger charge is 2.38. The molecule has 158 valence electrons. The third-order valence-electron chi connectivity index (χ3n) is 5.43. The normalized spacial score (nSPS) is 15.8. The van der Waals surface area contributed by atoms with Crippen molar-refractivity contribution in [1.29, 1.82) is 0 Å². The van der Waals surface area contributed by atoms with Gasteiger partial charge in [-0.15, -0.1) is 10.2 Å². The molecule has 0 aliphatic carbocycles. The number of nitrogens with zero attached hydrogens (tertiary/aromatic N) is 7. The van der Waals surface area contributed by atoms with Gasteiger partial charge in [0, 0.05) is 31.1 Å². The van der Waals surface area contributed by atoms with Gasteiger partial charge >= 0.3 is 11.8 Å². The summed E-state index contributed by atoms with van der Waals surface area (Å²) in [7, 11) is 0. The van der Waals surface area contributed by atoms with Crippen molar-refractivity contribution in [2.24, 2.45) is 0 Å². The van der Waals surface area contributed by atoms with E-state index in [4.69, 9.17) is 4.42 Å². The number of imidazole rings is 1. The van der Waals surface area contributed by atoms with Crippen molar-refractivity contribution in [2.75, 3.05) is 6.54 Å². The molecule has 6 rings (SSSR count). The maximum atomic E-state index is 14.3. The van der Waals surface area contributed by atoms with Crippen LogP contribution in [0.1, 0.15) is 33.8 Å². The van der Waals surface area contributed by atoms with E-state index in [2.05, 4.69) is 30.2 Å². The van der Waals surface area contributed by atoms with E-state index in [1.54, 1.807) is 54.0 Å². The molecule has 0 bridgehead atoms. The van der Waals surface area contributed by atoms with Gasteiger partial charge in [-0.05, 0) is 30.3 Å². The van der Waals surface area contributed by atoms with Crippen LogP contribution >= 0.6 is 0 Å². The lowest BCUT2D eigenvalue weighted by atomic mass is 9.99. The Kier molecular flexibility index (Phi) is 4.06. The number of aromatic nitrogens is 7. The first-order chi connectivity index (χ1) is 15.7. The third-order valence-corrected chi connectivity index (χ3v) is 5.43. The summed E-state index contributed by atoms with van der Waals surface area (Å²) in [6, 6.07) is 9.19. The Morgan fingerprint density at radius 1 is 1.19 bits per heavy atom. The Balaban J connectivity index is 1.41. The van der Waals surface area contributed by atoms with Crippen LogP contribution in [-0.2, 0) is 6.42 Å². The molecule has 1 atom stereocenters. The molecule has 0 fully saturated rings. The van der Waals surface area contributed by atoms with Crippen molar-refractivity contribution in [3.05, 3.63) is 83.9 Å². The zero-order valence-electron chi connectivity index (χ0n) is 16.5. The standard InChI is InChI=1S/C21H15FN8O2/c22-12-4-3-8-30-16(12)10-15(28-30)18-17-13(24-11-25-17)6-9-29(18)21(31)20-27-26-19(32-20)14-5-1-2-7-23-14/h1-5,7-8,10-11,18H,6,9H2,(H,24,25)/t18-/m0/s1. The summed E-state index contributed by atoms with van der Waals surface area (Å²) in [4.78, 5) is 26.7. The third kappa shape index (κ3) is 2.86. The number of H-pyrrole nitrogens is 1. The van der Waals surface area contributed by atoms with Crippen molar-refractivity contribution in [3.8, 4) is 11.6 Å². The molecule has 6 heterocycles. The molecule has 0 unspecified atom stereocenters. The summed E-state index contributed by atoms with van der Waals surface area (Å²) in [5.74, 6) is -0.877. The molecule has 10 nitrogen and oxygen atoms in total. The second-order valence-electron chi connectivity index (χ2n) is 7.30. The molecule has 5 aromatic rings. The van der Waals surface area contributed by atoms with Crippen molar-refractivity contribution in [2.45, 2.75) is 12.5 Å². The molecule has 1 aliphatic rings. The summed E-state index contributed by atoms with van der Waals surface area (Å²) in [6.07, 6.45) is 5.40. The van der Waals surface area contributed by atoms with Crippen LogP contribution in [0.2, 0.25) is 0 Å². The summed E-state index contributed by atoms with van der Waals surface area (Å²) in [6.45, 7) is 0.371. The van der Waals surface area contributed by atoms with E-state index in [9.17, 15) is 9.18 Å². The van der Waals surface area contributed by atoms with Gasteiger partial charge in [-0.2, -0.15) is 5.10 Å². The number of carbonyl (C=O) groups is 1. The quantitative estimate of drug-likeness (QED) is 0.467. The van der Waals surface area contributed by atoms with E-state index in [0.29, 0.717) is 35.6 Å². The molecule has 5 aromatic heterocycles. The molecular formula is C21H15FN8O2. The zero-order chi connectivity index (χ0) is 21.7.